The fourth-order valence-electron chi connectivity index (χ4n) is 2.46. The summed E-state index contributed by atoms with van der Waals surface area (Å²) in [6, 6.07) is 13.5. The molecular weight excluding hydrogens is 278 g/mol. The van der Waals surface area contributed by atoms with Gasteiger partial charge in [0, 0.05) is 6.54 Å². The van der Waals surface area contributed by atoms with E-state index >= 15 is 0 Å². The molecule has 3 N–H and O–H groups in total. The number of rotatable bonds is 5. The molecule has 5 nitrogen and oxygen atoms in total. The van der Waals surface area contributed by atoms with Gasteiger partial charge in [-0.25, -0.2) is 4.98 Å². The molecule has 0 saturated carbocycles. The smallest absolute Gasteiger partial charge is 0.148 e. The van der Waals surface area contributed by atoms with E-state index in [1.54, 1.807) is 0 Å². The van der Waals surface area contributed by atoms with Crippen LogP contribution in [-0.2, 0) is 13.2 Å². The van der Waals surface area contributed by atoms with Crippen molar-refractivity contribution in [3.05, 3.63) is 53.9 Å². The minimum atomic E-state index is 0.0395. The first-order chi connectivity index (χ1) is 10.7. The van der Waals surface area contributed by atoms with Gasteiger partial charge in [0.2, 0.25) is 0 Å². The SMILES string of the molecule is Cc1ccc(OCc2nc3c(N)cccc3n2CCO)cc1. The molecule has 0 aliphatic carbocycles. The van der Waals surface area contributed by atoms with Crippen molar-refractivity contribution < 1.29 is 9.84 Å². The van der Waals surface area contributed by atoms with Crippen molar-refractivity contribution in [2.75, 3.05) is 12.3 Å². The van der Waals surface area contributed by atoms with Crippen LogP contribution in [0.3, 0.4) is 0 Å². The molecule has 5 heteroatoms. The average molecular weight is 297 g/mol. The quantitative estimate of drug-likeness (QED) is 0.710. The third-order valence-electron chi connectivity index (χ3n) is 3.60. The van der Waals surface area contributed by atoms with Crippen molar-refractivity contribution >= 4 is 16.7 Å². The Bertz CT molecular complexity index is 778. The zero-order chi connectivity index (χ0) is 15.5. The number of nitrogen functional groups attached to an aromatic ring is 1. The number of aliphatic hydroxyl groups excluding tert-OH is 1. The molecular formula is C17H19N3O2. The predicted molar refractivity (Wildman–Crippen MR) is 86.7 cm³/mol. The molecule has 0 bridgehead atoms. The first-order valence-electron chi connectivity index (χ1n) is 7.23. The lowest BCUT2D eigenvalue weighted by molar-refractivity contribution is 0.260. The second-order valence-electron chi connectivity index (χ2n) is 5.22. The largest absolute Gasteiger partial charge is 0.486 e. The molecule has 3 rings (SSSR count). The van der Waals surface area contributed by atoms with E-state index in [9.17, 15) is 5.11 Å². The summed E-state index contributed by atoms with van der Waals surface area (Å²) in [6.07, 6.45) is 0. The van der Waals surface area contributed by atoms with Crippen LogP contribution >= 0.6 is 0 Å². The summed E-state index contributed by atoms with van der Waals surface area (Å²) in [5.74, 6) is 1.55. The molecule has 0 aliphatic heterocycles. The van der Waals surface area contributed by atoms with E-state index in [4.69, 9.17) is 10.5 Å². The number of nitrogens with two attached hydrogens (primary N) is 1. The summed E-state index contributed by atoms with van der Waals surface area (Å²) >= 11 is 0. The van der Waals surface area contributed by atoms with Gasteiger partial charge in [-0.2, -0.15) is 0 Å². The van der Waals surface area contributed by atoms with Crippen molar-refractivity contribution in [1.29, 1.82) is 0 Å². The lowest BCUT2D eigenvalue weighted by Gasteiger charge is -2.09. The molecule has 1 aromatic heterocycles. The van der Waals surface area contributed by atoms with Crippen LogP contribution in [0.2, 0.25) is 0 Å². The Balaban J connectivity index is 1.90. The number of hydrogen-bond acceptors (Lipinski definition) is 4. The van der Waals surface area contributed by atoms with Crippen molar-refractivity contribution in [3.8, 4) is 5.75 Å². The molecule has 114 valence electrons. The molecule has 1 heterocycles. The van der Waals surface area contributed by atoms with Gasteiger partial charge >= 0.3 is 0 Å². The number of aryl methyl sites for hydroxylation is 1. The fraction of sp³-hybridized carbons (Fsp3) is 0.235. The number of ether oxygens (including phenoxy) is 1. The van der Waals surface area contributed by atoms with Crippen molar-refractivity contribution in [2.45, 2.75) is 20.1 Å². The van der Waals surface area contributed by atoms with Crippen LogP contribution < -0.4 is 10.5 Å². The molecule has 0 unspecified atom stereocenters. The lowest BCUT2D eigenvalue weighted by atomic mass is 10.2. The van der Waals surface area contributed by atoms with E-state index in [1.807, 2.05) is 54.0 Å². The molecule has 3 aromatic rings. The summed E-state index contributed by atoms with van der Waals surface area (Å²) in [5, 5.41) is 9.29. The first kappa shape index (κ1) is 14.4. The van der Waals surface area contributed by atoms with E-state index in [-0.39, 0.29) is 6.61 Å². The predicted octanol–water partition coefficient (Wildman–Crippen LogP) is 2.50. The van der Waals surface area contributed by atoms with Gasteiger partial charge in [-0.05, 0) is 31.2 Å². The molecule has 2 aromatic carbocycles. The number of fused-ring (bicyclic) bond motifs is 1. The normalized spacial score (nSPS) is 11.0. The molecule has 0 saturated heterocycles. The van der Waals surface area contributed by atoms with Gasteiger partial charge in [-0.3, -0.25) is 0 Å². The van der Waals surface area contributed by atoms with Gasteiger partial charge in [0.25, 0.3) is 0 Å². The Morgan fingerprint density at radius 1 is 1.18 bits per heavy atom. The summed E-state index contributed by atoms with van der Waals surface area (Å²) in [5.41, 5.74) is 9.46. The van der Waals surface area contributed by atoms with E-state index < -0.39 is 0 Å². The third kappa shape index (κ3) is 2.76. The first-order valence-corrected chi connectivity index (χ1v) is 7.23. The number of para-hydroxylation sites is 1. The van der Waals surface area contributed by atoms with Crippen LogP contribution in [0.15, 0.2) is 42.5 Å². The second-order valence-corrected chi connectivity index (χ2v) is 5.22. The molecule has 0 aliphatic rings. The van der Waals surface area contributed by atoms with Gasteiger partial charge in [-0.15, -0.1) is 0 Å². The minimum Gasteiger partial charge on any atom is -0.486 e. The highest BCUT2D eigenvalue weighted by atomic mass is 16.5. The van der Waals surface area contributed by atoms with Gasteiger partial charge in [0.05, 0.1) is 17.8 Å². The zero-order valence-electron chi connectivity index (χ0n) is 12.5. The van der Waals surface area contributed by atoms with Gasteiger partial charge in [0.15, 0.2) is 0 Å². The highest BCUT2D eigenvalue weighted by molar-refractivity contribution is 5.87. The number of imidazole rings is 1. The fourth-order valence-corrected chi connectivity index (χ4v) is 2.46. The highest BCUT2D eigenvalue weighted by Crippen LogP contribution is 2.23. The van der Waals surface area contributed by atoms with Gasteiger partial charge in [0.1, 0.15) is 23.7 Å². The Labute approximate surface area is 129 Å². The van der Waals surface area contributed by atoms with Crippen molar-refractivity contribution in [3.63, 3.8) is 0 Å². The van der Waals surface area contributed by atoms with Crippen molar-refractivity contribution in [1.82, 2.24) is 9.55 Å². The number of anilines is 1. The van der Waals surface area contributed by atoms with Crippen LogP contribution in [0.25, 0.3) is 11.0 Å². The molecule has 0 amide bonds. The Morgan fingerprint density at radius 3 is 2.68 bits per heavy atom. The topological polar surface area (TPSA) is 73.3 Å². The molecule has 0 atom stereocenters. The highest BCUT2D eigenvalue weighted by Gasteiger charge is 2.12. The average Bonchev–Trinajstić information content (AvgIpc) is 2.87. The molecule has 0 radical (unpaired) electrons. The van der Waals surface area contributed by atoms with E-state index in [0.29, 0.717) is 18.8 Å². The maximum Gasteiger partial charge on any atom is 0.148 e. The summed E-state index contributed by atoms with van der Waals surface area (Å²) < 4.78 is 7.74. The Morgan fingerprint density at radius 2 is 1.95 bits per heavy atom. The number of hydrogen-bond donors (Lipinski definition) is 2. The number of aliphatic hydroxyl groups is 1. The van der Waals surface area contributed by atoms with Crippen LogP contribution in [0.4, 0.5) is 5.69 Å². The third-order valence-corrected chi connectivity index (χ3v) is 3.60. The number of aromatic nitrogens is 2. The van der Waals surface area contributed by atoms with Crippen LogP contribution in [0.5, 0.6) is 5.75 Å². The van der Waals surface area contributed by atoms with E-state index in [1.165, 1.54) is 5.56 Å². The van der Waals surface area contributed by atoms with Crippen molar-refractivity contribution in [2.24, 2.45) is 0 Å². The Kier molecular flexibility index (Phi) is 3.98. The standard InChI is InChI=1S/C17H19N3O2/c1-12-5-7-13(8-6-12)22-11-16-19-17-14(18)3-2-4-15(17)20(16)9-10-21/h2-8,21H,9-11,18H2,1H3. The van der Waals surface area contributed by atoms with Gasteiger partial charge in [-0.1, -0.05) is 23.8 Å². The van der Waals surface area contributed by atoms with E-state index in [0.717, 1.165) is 22.6 Å². The zero-order valence-corrected chi connectivity index (χ0v) is 12.5. The molecule has 22 heavy (non-hydrogen) atoms. The van der Waals surface area contributed by atoms with Crippen LogP contribution in [0.1, 0.15) is 11.4 Å². The summed E-state index contributed by atoms with van der Waals surface area (Å²) in [7, 11) is 0. The maximum atomic E-state index is 9.29. The van der Waals surface area contributed by atoms with E-state index in [2.05, 4.69) is 4.98 Å². The summed E-state index contributed by atoms with van der Waals surface area (Å²) in [4.78, 5) is 4.57. The van der Waals surface area contributed by atoms with Crippen LogP contribution in [-0.4, -0.2) is 21.3 Å². The van der Waals surface area contributed by atoms with Gasteiger partial charge < -0.3 is 20.1 Å². The Hall–Kier alpha value is -2.53. The molecule has 0 fully saturated rings. The number of nitrogens with zero attached hydrogens (tertiary/aromatic N) is 2. The molecule has 0 spiro atoms. The van der Waals surface area contributed by atoms with Crippen LogP contribution in [0, 0.1) is 6.92 Å². The minimum absolute atomic E-state index is 0.0395. The monoisotopic (exact) mass is 297 g/mol. The lowest BCUT2D eigenvalue weighted by Crippen LogP contribution is -2.09. The summed E-state index contributed by atoms with van der Waals surface area (Å²) in [6.45, 7) is 2.87. The maximum absolute atomic E-state index is 9.29. The second kappa shape index (κ2) is 6.07. The number of benzene rings is 2.